The SMILES string of the molecule is Cc1nc2ccccn2c1C(O)=C1C(=O)C(=O)N(Cc2ccccc2)C1c1ccc(OCc2ccccc2)cc1. The van der Waals surface area contributed by atoms with Crippen LogP contribution in [0.2, 0.25) is 0 Å². The van der Waals surface area contributed by atoms with E-state index in [0.29, 0.717) is 35.0 Å². The molecule has 0 spiro atoms. The zero-order valence-corrected chi connectivity index (χ0v) is 21.9. The molecule has 3 aromatic carbocycles. The number of Topliss-reactive ketones (excluding diaryl/α,β-unsaturated/α-hetero) is 1. The fraction of sp³-hybridized carbons (Fsp3) is 0.121. The highest BCUT2D eigenvalue weighted by atomic mass is 16.5. The lowest BCUT2D eigenvalue weighted by Gasteiger charge is -2.25. The van der Waals surface area contributed by atoms with Crippen molar-refractivity contribution < 1.29 is 19.4 Å². The number of ether oxygens (including phenoxy) is 1. The summed E-state index contributed by atoms with van der Waals surface area (Å²) >= 11 is 0. The number of imidazole rings is 1. The number of hydrogen-bond donors (Lipinski definition) is 1. The zero-order chi connectivity index (χ0) is 27.6. The molecule has 6 rings (SSSR count). The third-order valence-corrected chi connectivity index (χ3v) is 7.11. The normalized spacial score (nSPS) is 16.5. The van der Waals surface area contributed by atoms with Gasteiger partial charge in [0.2, 0.25) is 0 Å². The average Bonchev–Trinajstić information content (AvgIpc) is 3.45. The molecule has 1 fully saturated rings. The van der Waals surface area contributed by atoms with Gasteiger partial charge in [0.15, 0.2) is 5.76 Å². The number of ketones is 1. The Morgan fingerprint density at radius 1 is 0.850 bits per heavy atom. The van der Waals surface area contributed by atoms with E-state index >= 15 is 0 Å². The maximum atomic E-state index is 13.5. The molecule has 0 bridgehead atoms. The fourth-order valence-electron chi connectivity index (χ4n) is 5.18. The van der Waals surface area contributed by atoms with E-state index in [4.69, 9.17) is 4.74 Å². The van der Waals surface area contributed by atoms with E-state index < -0.39 is 17.7 Å². The van der Waals surface area contributed by atoms with Gasteiger partial charge >= 0.3 is 0 Å². The Kier molecular flexibility index (Phi) is 6.62. The van der Waals surface area contributed by atoms with Crippen LogP contribution in [0, 0.1) is 6.92 Å². The van der Waals surface area contributed by atoms with Crippen LogP contribution >= 0.6 is 0 Å². The first-order chi connectivity index (χ1) is 19.5. The van der Waals surface area contributed by atoms with E-state index in [0.717, 1.165) is 11.1 Å². The molecule has 1 unspecified atom stereocenters. The van der Waals surface area contributed by atoms with E-state index in [1.807, 2.05) is 103 Å². The summed E-state index contributed by atoms with van der Waals surface area (Å²) in [6.07, 6.45) is 1.78. The van der Waals surface area contributed by atoms with E-state index in [2.05, 4.69) is 4.98 Å². The molecule has 0 saturated carbocycles. The summed E-state index contributed by atoms with van der Waals surface area (Å²) in [5, 5.41) is 11.7. The summed E-state index contributed by atoms with van der Waals surface area (Å²) in [5.41, 5.74) is 4.23. The van der Waals surface area contributed by atoms with Crippen molar-refractivity contribution in [1.82, 2.24) is 14.3 Å². The van der Waals surface area contributed by atoms with Crippen LogP contribution in [0.3, 0.4) is 0 Å². The molecule has 1 aliphatic heterocycles. The van der Waals surface area contributed by atoms with Crippen LogP contribution < -0.4 is 4.74 Å². The summed E-state index contributed by atoms with van der Waals surface area (Å²) in [5.74, 6) is -0.982. The molecule has 5 aromatic rings. The van der Waals surface area contributed by atoms with Gasteiger partial charge in [0.05, 0.1) is 17.3 Å². The van der Waals surface area contributed by atoms with E-state index in [9.17, 15) is 14.7 Å². The maximum Gasteiger partial charge on any atom is 0.295 e. The summed E-state index contributed by atoms with van der Waals surface area (Å²) in [4.78, 5) is 33.0. The number of benzene rings is 3. The van der Waals surface area contributed by atoms with Crippen molar-refractivity contribution in [2.75, 3.05) is 0 Å². The number of aromatic nitrogens is 2. The van der Waals surface area contributed by atoms with Gasteiger partial charge in [-0.15, -0.1) is 0 Å². The van der Waals surface area contributed by atoms with Crippen molar-refractivity contribution in [3.8, 4) is 5.75 Å². The lowest BCUT2D eigenvalue weighted by Crippen LogP contribution is -2.29. The minimum absolute atomic E-state index is 0.0349. The van der Waals surface area contributed by atoms with Crippen molar-refractivity contribution in [3.05, 3.63) is 143 Å². The molecule has 1 atom stereocenters. The molecular formula is C33H27N3O4. The van der Waals surface area contributed by atoms with Gasteiger partial charge in [-0.25, -0.2) is 4.98 Å². The third-order valence-electron chi connectivity index (χ3n) is 7.11. The van der Waals surface area contributed by atoms with Crippen molar-refractivity contribution in [3.63, 3.8) is 0 Å². The predicted molar refractivity (Wildman–Crippen MR) is 151 cm³/mol. The Morgan fingerprint density at radius 2 is 1.50 bits per heavy atom. The number of rotatable bonds is 7. The van der Waals surface area contributed by atoms with Crippen molar-refractivity contribution >= 4 is 23.1 Å². The van der Waals surface area contributed by atoms with E-state index in [1.54, 1.807) is 17.5 Å². The quantitative estimate of drug-likeness (QED) is 0.163. The molecule has 1 amide bonds. The van der Waals surface area contributed by atoms with Gasteiger partial charge in [-0.1, -0.05) is 78.9 Å². The first kappa shape index (κ1) is 25.1. The molecule has 0 aliphatic carbocycles. The van der Waals surface area contributed by atoms with Crippen LogP contribution in [-0.2, 0) is 22.7 Å². The minimum atomic E-state index is -0.794. The van der Waals surface area contributed by atoms with Crippen LogP contribution in [-0.4, -0.2) is 31.1 Å². The molecule has 3 heterocycles. The molecular weight excluding hydrogens is 502 g/mol. The van der Waals surface area contributed by atoms with Crippen molar-refractivity contribution in [2.24, 2.45) is 0 Å². The second-order valence-electron chi connectivity index (χ2n) is 9.73. The zero-order valence-electron chi connectivity index (χ0n) is 21.9. The standard InChI is InChI=1S/C33H27N3O4/c1-22-29(35-19-9-8-14-27(35)34-22)31(37)28-30(36(33(39)32(28)38)20-23-10-4-2-5-11-23)25-15-17-26(18-16-25)40-21-24-12-6-3-7-13-24/h2-19,30,37H,20-21H2,1H3. The summed E-state index contributed by atoms with van der Waals surface area (Å²) in [6, 6.07) is 31.4. The number of nitrogens with zero attached hydrogens (tertiary/aromatic N) is 3. The lowest BCUT2D eigenvalue weighted by molar-refractivity contribution is -0.140. The van der Waals surface area contributed by atoms with E-state index in [-0.39, 0.29) is 17.9 Å². The van der Waals surface area contributed by atoms with Crippen LogP contribution in [0.5, 0.6) is 5.75 Å². The average molecular weight is 530 g/mol. The van der Waals surface area contributed by atoms with Gasteiger partial charge < -0.3 is 14.7 Å². The Labute approximate surface area is 231 Å². The van der Waals surface area contributed by atoms with Crippen molar-refractivity contribution in [2.45, 2.75) is 26.1 Å². The highest BCUT2D eigenvalue weighted by Crippen LogP contribution is 2.41. The lowest BCUT2D eigenvalue weighted by atomic mass is 9.96. The maximum absolute atomic E-state index is 13.5. The molecule has 7 nitrogen and oxygen atoms in total. The highest BCUT2D eigenvalue weighted by Gasteiger charge is 2.46. The Hall–Kier alpha value is -5.17. The van der Waals surface area contributed by atoms with Crippen molar-refractivity contribution in [1.29, 1.82) is 0 Å². The largest absolute Gasteiger partial charge is 0.505 e. The number of likely N-dealkylation sites (tertiary alicyclic amines) is 1. The molecule has 40 heavy (non-hydrogen) atoms. The first-order valence-electron chi connectivity index (χ1n) is 13.0. The first-order valence-corrected chi connectivity index (χ1v) is 13.0. The summed E-state index contributed by atoms with van der Waals surface area (Å²) in [7, 11) is 0. The van der Waals surface area contributed by atoms with Crippen LogP contribution in [0.1, 0.15) is 34.1 Å². The molecule has 0 radical (unpaired) electrons. The number of aryl methyl sites for hydroxylation is 1. The number of aliphatic hydroxyl groups is 1. The molecule has 198 valence electrons. The van der Waals surface area contributed by atoms with Crippen LogP contribution in [0.4, 0.5) is 0 Å². The van der Waals surface area contributed by atoms with Gasteiger partial charge in [0.25, 0.3) is 11.7 Å². The topological polar surface area (TPSA) is 84.1 Å². The van der Waals surface area contributed by atoms with Crippen LogP contribution in [0.15, 0.2) is 115 Å². The summed E-state index contributed by atoms with van der Waals surface area (Å²) in [6.45, 7) is 2.40. The molecule has 7 heteroatoms. The second kappa shape index (κ2) is 10.5. The fourth-order valence-corrected chi connectivity index (χ4v) is 5.18. The van der Waals surface area contributed by atoms with Gasteiger partial charge in [-0.05, 0) is 47.9 Å². The molecule has 1 N–H and O–H groups in total. The number of amides is 1. The van der Waals surface area contributed by atoms with Gasteiger partial charge in [0.1, 0.15) is 23.7 Å². The van der Waals surface area contributed by atoms with E-state index in [1.165, 1.54) is 4.90 Å². The third kappa shape index (κ3) is 4.62. The summed E-state index contributed by atoms with van der Waals surface area (Å²) < 4.78 is 7.68. The Morgan fingerprint density at radius 3 is 2.20 bits per heavy atom. The molecule has 2 aromatic heterocycles. The highest BCUT2D eigenvalue weighted by molar-refractivity contribution is 6.46. The number of pyridine rings is 1. The number of fused-ring (bicyclic) bond motifs is 1. The molecule has 1 aliphatic rings. The predicted octanol–water partition coefficient (Wildman–Crippen LogP) is 5.84. The Balaban J connectivity index is 1.42. The molecule has 1 saturated heterocycles. The smallest absolute Gasteiger partial charge is 0.295 e. The minimum Gasteiger partial charge on any atom is -0.505 e. The second-order valence-corrected chi connectivity index (χ2v) is 9.73. The van der Waals surface area contributed by atoms with Gasteiger partial charge in [-0.2, -0.15) is 0 Å². The number of aliphatic hydroxyl groups excluding tert-OH is 1. The number of hydrogen-bond acceptors (Lipinski definition) is 5. The van der Waals surface area contributed by atoms with Crippen LogP contribution in [0.25, 0.3) is 11.4 Å². The number of carbonyl (C=O) groups is 2. The Bertz CT molecular complexity index is 1720. The monoisotopic (exact) mass is 529 g/mol. The number of carbonyl (C=O) groups excluding carboxylic acids is 2. The van der Waals surface area contributed by atoms with Gasteiger partial charge in [0, 0.05) is 12.7 Å². The van der Waals surface area contributed by atoms with Gasteiger partial charge in [-0.3, -0.25) is 14.0 Å².